The number of hydrogen-bond acceptors (Lipinski definition) is 4. The molecule has 0 amide bonds. The molecule has 0 saturated heterocycles. The van der Waals surface area contributed by atoms with E-state index >= 15 is 0 Å². The van der Waals surface area contributed by atoms with Gasteiger partial charge in [-0.3, -0.25) is 0 Å². The van der Waals surface area contributed by atoms with Crippen LogP contribution >= 0.6 is 0 Å². The summed E-state index contributed by atoms with van der Waals surface area (Å²) >= 11 is 0. The minimum absolute atomic E-state index is 0.0775. The third kappa shape index (κ3) is 6.04. The van der Waals surface area contributed by atoms with Crippen LogP contribution in [0.1, 0.15) is 0 Å². The smallest absolute Gasteiger partial charge is 0.164 e. The Hall–Kier alpha value is -6.14. The van der Waals surface area contributed by atoms with Crippen LogP contribution in [0.4, 0.5) is 0 Å². The van der Waals surface area contributed by atoms with Gasteiger partial charge in [-0.1, -0.05) is 112 Å². The Bertz CT molecular complexity index is 3400. The van der Waals surface area contributed by atoms with Crippen molar-refractivity contribution in [1.82, 2.24) is 19.5 Å². The summed E-state index contributed by atoms with van der Waals surface area (Å²) in [5.41, 5.74) is 8.72. The van der Waals surface area contributed by atoms with E-state index < -0.39 is 0 Å². The fourth-order valence-electron chi connectivity index (χ4n) is 8.20. The molecule has 0 fully saturated rings. The quantitative estimate of drug-likeness (QED) is 0.197. The minimum atomic E-state index is 0.0775. The van der Waals surface area contributed by atoms with Crippen LogP contribution in [-0.2, 0) is 0 Å². The Morgan fingerprint density at radius 3 is 1.49 bits per heavy atom. The van der Waals surface area contributed by atoms with Crippen LogP contribution in [0.5, 0.6) is 0 Å². The zero-order chi connectivity index (χ0) is 42.6. The van der Waals surface area contributed by atoms with E-state index in [0.29, 0.717) is 88.6 Å². The van der Waals surface area contributed by atoms with E-state index in [2.05, 4.69) is 0 Å². The van der Waals surface area contributed by atoms with Gasteiger partial charge in [-0.15, -0.1) is 27.3 Å². The molecule has 0 bridgehead atoms. The normalized spacial score (nSPS) is 11.7. The molecule has 7 aromatic carbocycles. The molecule has 3 aromatic heterocycles. The van der Waals surface area contributed by atoms with Crippen molar-refractivity contribution in [2.24, 2.45) is 0 Å². The average Bonchev–Trinajstić information content (AvgIpc) is 3.83. The molecule has 0 aliphatic rings. The standard InChI is InChI=1S/C45H17B11N4O/c46-25-16-27(48)40-30(33(25)50)31-34(51)26(47)17-28(49)41(31)60(40)21-14-23(18-7-3-1-4-8-18)42-24(15-21)22-12-11-20(13-29(22)61-42)44-57-43(19-9-5-2-6-10-19)58-45(59-44)32-35(52)37(54)39(56)38(55)36(32)53/h1-17H. The molecule has 0 atom stereocenters. The summed E-state index contributed by atoms with van der Waals surface area (Å²) in [7, 11) is 71.3. The molecule has 10 aromatic rings. The maximum Gasteiger partial charge on any atom is 0.164 e. The second-order valence-electron chi connectivity index (χ2n) is 14.9. The summed E-state index contributed by atoms with van der Waals surface area (Å²) in [6, 6.07) is 32.3. The van der Waals surface area contributed by atoms with Gasteiger partial charge in [0.1, 0.15) is 97.5 Å². The third-order valence-electron chi connectivity index (χ3n) is 11.2. The van der Waals surface area contributed by atoms with Gasteiger partial charge in [0.2, 0.25) is 0 Å². The first-order chi connectivity index (χ1) is 29.3. The van der Waals surface area contributed by atoms with Crippen LogP contribution in [0, 0.1) is 0 Å². The fourth-order valence-corrected chi connectivity index (χ4v) is 8.20. The molecule has 22 radical (unpaired) electrons. The number of hydrogen-bond donors (Lipinski definition) is 0. The van der Waals surface area contributed by atoms with E-state index in [1.54, 1.807) is 12.1 Å². The molecule has 61 heavy (non-hydrogen) atoms. The van der Waals surface area contributed by atoms with Gasteiger partial charge in [0, 0.05) is 49.7 Å². The van der Waals surface area contributed by atoms with Crippen molar-refractivity contribution in [2.45, 2.75) is 0 Å². The van der Waals surface area contributed by atoms with E-state index in [-0.39, 0.29) is 38.7 Å². The van der Waals surface area contributed by atoms with Crippen molar-refractivity contribution in [2.75, 3.05) is 0 Å². The molecule has 0 unspecified atom stereocenters. The van der Waals surface area contributed by atoms with E-state index in [1.165, 1.54) is 0 Å². The van der Waals surface area contributed by atoms with Crippen LogP contribution in [-0.4, -0.2) is 106 Å². The van der Waals surface area contributed by atoms with Gasteiger partial charge >= 0.3 is 0 Å². The van der Waals surface area contributed by atoms with E-state index in [9.17, 15) is 0 Å². The lowest BCUT2D eigenvalue weighted by atomic mass is 9.60. The predicted molar refractivity (Wildman–Crippen MR) is 262 cm³/mol. The second kappa shape index (κ2) is 14.5. The Kier molecular flexibility index (Phi) is 9.28. The number of furan rings is 1. The van der Waals surface area contributed by atoms with Crippen molar-refractivity contribution in [3.8, 4) is 51.0 Å². The molecule has 0 spiro atoms. The first-order valence-electron chi connectivity index (χ1n) is 19.0. The largest absolute Gasteiger partial charge is 0.455 e. The van der Waals surface area contributed by atoms with Gasteiger partial charge in [0.25, 0.3) is 0 Å². The number of fused-ring (bicyclic) bond motifs is 6. The first kappa shape index (κ1) is 39.0. The zero-order valence-electron chi connectivity index (χ0n) is 32.4. The second-order valence-corrected chi connectivity index (χ2v) is 14.9. The monoisotopic (exact) mass is 750 g/mol. The number of rotatable bonds is 5. The lowest BCUT2D eigenvalue weighted by Gasteiger charge is -2.20. The molecule has 0 saturated carbocycles. The van der Waals surface area contributed by atoms with Gasteiger partial charge in [-0.25, -0.2) is 15.0 Å². The molecule has 0 N–H and O–H groups in total. The van der Waals surface area contributed by atoms with E-state index in [1.807, 2.05) is 95.6 Å². The van der Waals surface area contributed by atoms with E-state index in [0.717, 1.165) is 27.5 Å². The highest BCUT2D eigenvalue weighted by Gasteiger charge is 2.24. The molecule has 5 nitrogen and oxygen atoms in total. The third-order valence-corrected chi connectivity index (χ3v) is 11.2. The molecule has 16 heteroatoms. The summed E-state index contributed by atoms with van der Waals surface area (Å²) in [6.45, 7) is 0. The maximum absolute atomic E-state index is 6.79. The van der Waals surface area contributed by atoms with Gasteiger partial charge in [-0.2, -0.15) is 0 Å². The minimum Gasteiger partial charge on any atom is -0.455 e. The van der Waals surface area contributed by atoms with E-state index in [4.69, 9.17) is 106 Å². The zero-order valence-corrected chi connectivity index (χ0v) is 32.4. The SMILES string of the molecule is [B]c1cc([B])c2c(c1[B])c1c([B])c([B])cc([B])c1n2-c1cc(-c2ccccc2)c2oc3cc(-c4nc(-c5ccccc5)nc(-c5c([B])c([B])c([B])c([B])c5[B])n4)ccc3c2c1. The topological polar surface area (TPSA) is 56.7 Å². The lowest BCUT2D eigenvalue weighted by Crippen LogP contribution is -2.55. The van der Waals surface area contributed by atoms with Crippen molar-refractivity contribution in [1.29, 1.82) is 0 Å². The molecular weight excluding hydrogens is 731 g/mol. The maximum atomic E-state index is 6.79. The van der Waals surface area contributed by atoms with Crippen molar-refractivity contribution in [3.05, 3.63) is 103 Å². The van der Waals surface area contributed by atoms with Crippen LogP contribution < -0.4 is 60.1 Å². The summed E-state index contributed by atoms with van der Waals surface area (Å²) in [5.74, 6) is 0.837. The highest BCUT2D eigenvalue weighted by molar-refractivity contribution is 6.69. The molecule has 256 valence electrons. The van der Waals surface area contributed by atoms with Gasteiger partial charge in [0.15, 0.2) is 17.5 Å². The lowest BCUT2D eigenvalue weighted by molar-refractivity contribution is 0.670. The molecule has 0 aliphatic carbocycles. The molecule has 0 aliphatic heterocycles. The van der Waals surface area contributed by atoms with Crippen LogP contribution in [0.3, 0.4) is 0 Å². The van der Waals surface area contributed by atoms with Gasteiger partial charge < -0.3 is 8.98 Å². The van der Waals surface area contributed by atoms with Crippen LogP contribution in [0.2, 0.25) is 0 Å². The van der Waals surface area contributed by atoms with Crippen molar-refractivity contribution < 1.29 is 4.42 Å². The van der Waals surface area contributed by atoms with Crippen molar-refractivity contribution >= 4 is 190 Å². The number of nitrogens with zero attached hydrogens (tertiary/aromatic N) is 4. The molecule has 10 rings (SSSR count). The highest BCUT2D eigenvalue weighted by Crippen LogP contribution is 2.40. The molecule has 3 heterocycles. The number of benzene rings is 7. The number of aromatic nitrogens is 4. The Labute approximate surface area is 366 Å². The summed E-state index contributed by atoms with van der Waals surface area (Å²) < 4.78 is 8.74. The Morgan fingerprint density at radius 1 is 0.410 bits per heavy atom. The highest BCUT2D eigenvalue weighted by atomic mass is 16.3. The molecular formula is C45H17B11N4O. The average molecular weight is 749 g/mol. The van der Waals surface area contributed by atoms with Gasteiger partial charge in [0.05, 0.1) is 0 Å². The van der Waals surface area contributed by atoms with Gasteiger partial charge in [-0.05, 0) is 40.6 Å². The Balaban J connectivity index is 1.25. The fraction of sp³-hybridized carbons (Fsp3) is 0. The summed E-state index contributed by atoms with van der Waals surface area (Å²) in [6.07, 6.45) is 0. The summed E-state index contributed by atoms with van der Waals surface area (Å²) in [5, 5.41) is 2.70. The Morgan fingerprint density at radius 2 is 0.918 bits per heavy atom. The predicted octanol–water partition coefficient (Wildman–Crippen LogP) is -1.73. The van der Waals surface area contributed by atoms with Crippen molar-refractivity contribution in [3.63, 3.8) is 0 Å². The first-order valence-corrected chi connectivity index (χ1v) is 19.0. The van der Waals surface area contributed by atoms with Crippen LogP contribution in [0.25, 0.3) is 94.7 Å². The summed E-state index contributed by atoms with van der Waals surface area (Å²) in [4.78, 5) is 14.5. The van der Waals surface area contributed by atoms with Crippen LogP contribution in [0.15, 0.2) is 108 Å².